The van der Waals surface area contributed by atoms with Crippen molar-refractivity contribution in [2.75, 3.05) is 0 Å². The van der Waals surface area contributed by atoms with Gasteiger partial charge in [0, 0.05) is 23.6 Å². The van der Waals surface area contributed by atoms with Crippen LogP contribution in [-0.4, -0.2) is 30.3 Å². The quantitative estimate of drug-likeness (QED) is 0.361. The van der Waals surface area contributed by atoms with Crippen LogP contribution in [0.5, 0.6) is 0 Å². The number of nitrogens with zero attached hydrogens (tertiary/aromatic N) is 5. The number of nitro groups is 1. The number of benzene rings is 1. The number of aryl methyl sites for hydroxylation is 1. The lowest BCUT2D eigenvalue weighted by Crippen LogP contribution is -2.28. The third-order valence-corrected chi connectivity index (χ3v) is 4.97. The smallest absolute Gasteiger partial charge is 0.307 e. The van der Waals surface area contributed by atoms with Crippen LogP contribution in [0.1, 0.15) is 40.3 Å². The molecule has 4 rings (SSSR count). The van der Waals surface area contributed by atoms with E-state index in [1.807, 2.05) is 60.3 Å². The van der Waals surface area contributed by atoms with Crippen molar-refractivity contribution in [1.29, 1.82) is 0 Å². The minimum Gasteiger partial charge on any atom is -0.361 e. The maximum Gasteiger partial charge on any atom is 0.307 e. The summed E-state index contributed by atoms with van der Waals surface area (Å²) < 4.78 is 8.57. The lowest BCUT2D eigenvalue weighted by Gasteiger charge is -2.15. The monoisotopic (exact) mass is 420 g/mol. The Morgan fingerprint density at radius 3 is 2.77 bits per heavy atom. The minimum atomic E-state index is -0.527. The highest BCUT2D eigenvalue weighted by Crippen LogP contribution is 2.20. The standard InChI is InChI=1S/C21H20N6O4/c1-14(16-6-5-7-17(10-16)25-8-3-4-9-25)23-21(28)20-19(15(2)31-24-20)13-26-12-18(11-22-26)27(29)30/h3-12,14H,13H2,1-2H3,(H,23,28). The van der Waals surface area contributed by atoms with Gasteiger partial charge in [-0.2, -0.15) is 5.10 Å². The van der Waals surface area contributed by atoms with Gasteiger partial charge in [0.1, 0.15) is 18.2 Å². The van der Waals surface area contributed by atoms with Crippen molar-refractivity contribution in [3.63, 3.8) is 0 Å². The van der Waals surface area contributed by atoms with Gasteiger partial charge in [0.2, 0.25) is 0 Å². The molecule has 3 aromatic heterocycles. The van der Waals surface area contributed by atoms with Crippen LogP contribution in [0.25, 0.3) is 5.69 Å². The Morgan fingerprint density at radius 2 is 2.06 bits per heavy atom. The molecule has 31 heavy (non-hydrogen) atoms. The molecule has 4 aromatic rings. The van der Waals surface area contributed by atoms with Crippen LogP contribution >= 0.6 is 0 Å². The maximum atomic E-state index is 12.9. The Morgan fingerprint density at radius 1 is 1.29 bits per heavy atom. The van der Waals surface area contributed by atoms with Crippen LogP contribution in [0.2, 0.25) is 0 Å². The highest BCUT2D eigenvalue weighted by Gasteiger charge is 2.23. The van der Waals surface area contributed by atoms with Gasteiger partial charge < -0.3 is 14.4 Å². The normalized spacial score (nSPS) is 11.9. The molecule has 0 saturated heterocycles. The predicted molar refractivity (Wildman–Crippen MR) is 111 cm³/mol. The van der Waals surface area contributed by atoms with Crippen LogP contribution < -0.4 is 5.32 Å². The van der Waals surface area contributed by atoms with E-state index in [1.54, 1.807) is 6.92 Å². The predicted octanol–water partition coefficient (Wildman–Crippen LogP) is 3.42. The zero-order chi connectivity index (χ0) is 22.0. The Balaban J connectivity index is 1.51. The van der Waals surface area contributed by atoms with Crippen molar-refractivity contribution < 1.29 is 14.2 Å². The lowest BCUT2D eigenvalue weighted by molar-refractivity contribution is -0.385. The first-order valence-electron chi connectivity index (χ1n) is 9.58. The molecule has 0 saturated carbocycles. The lowest BCUT2D eigenvalue weighted by atomic mass is 10.1. The van der Waals surface area contributed by atoms with Crippen molar-refractivity contribution in [3.05, 3.63) is 93.9 Å². The van der Waals surface area contributed by atoms with Gasteiger partial charge in [0.05, 0.1) is 17.5 Å². The molecule has 1 N–H and O–H groups in total. The second-order valence-corrected chi connectivity index (χ2v) is 7.10. The molecule has 0 aliphatic heterocycles. The molecule has 0 fully saturated rings. The van der Waals surface area contributed by atoms with Crippen molar-refractivity contribution >= 4 is 11.6 Å². The zero-order valence-corrected chi connectivity index (χ0v) is 16.9. The third kappa shape index (κ3) is 4.22. The molecule has 1 unspecified atom stereocenters. The van der Waals surface area contributed by atoms with Gasteiger partial charge in [-0.15, -0.1) is 0 Å². The summed E-state index contributed by atoms with van der Waals surface area (Å²) in [7, 11) is 0. The van der Waals surface area contributed by atoms with E-state index < -0.39 is 10.8 Å². The molecule has 0 aliphatic carbocycles. The molecule has 0 bridgehead atoms. The Labute approximate surface area is 177 Å². The fraction of sp³-hybridized carbons (Fsp3) is 0.190. The molecule has 3 heterocycles. The number of carbonyl (C=O) groups is 1. The number of rotatable bonds is 7. The number of nitrogens with one attached hydrogen (secondary N) is 1. The van der Waals surface area contributed by atoms with Gasteiger partial charge in [-0.1, -0.05) is 17.3 Å². The SMILES string of the molecule is Cc1onc(C(=O)NC(C)c2cccc(-n3cccc3)c2)c1Cn1cc([N+](=O)[O-])cn1. The molecule has 158 valence electrons. The van der Waals surface area contributed by atoms with Gasteiger partial charge in [-0.05, 0) is 43.7 Å². The second kappa shape index (κ2) is 8.27. The fourth-order valence-corrected chi connectivity index (χ4v) is 3.26. The van der Waals surface area contributed by atoms with Gasteiger partial charge >= 0.3 is 5.69 Å². The largest absolute Gasteiger partial charge is 0.361 e. The van der Waals surface area contributed by atoms with Crippen molar-refractivity contribution in [2.24, 2.45) is 0 Å². The topological polar surface area (TPSA) is 121 Å². The molecule has 0 aliphatic rings. The van der Waals surface area contributed by atoms with E-state index in [1.165, 1.54) is 10.9 Å². The highest BCUT2D eigenvalue weighted by atomic mass is 16.6. The van der Waals surface area contributed by atoms with E-state index in [0.29, 0.717) is 11.3 Å². The van der Waals surface area contributed by atoms with Gasteiger partial charge in [0.25, 0.3) is 5.91 Å². The highest BCUT2D eigenvalue weighted by molar-refractivity contribution is 5.94. The number of hydrogen-bond acceptors (Lipinski definition) is 6. The van der Waals surface area contributed by atoms with E-state index in [0.717, 1.165) is 17.4 Å². The first kappa shape index (κ1) is 20.1. The average Bonchev–Trinajstić information content (AvgIpc) is 3.50. The zero-order valence-electron chi connectivity index (χ0n) is 16.9. The van der Waals surface area contributed by atoms with Gasteiger partial charge in [-0.3, -0.25) is 19.6 Å². The number of amides is 1. The van der Waals surface area contributed by atoms with Crippen LogP contribution in [-0.2, 0) is 6.54 Å². The second-order valence-electron chi connectivity index (χ2n) is 7.10. The van der Waals surface area contributed by atoms with Crippen molar-refractivity contribution in [2.45, 2.75) is 26.4 Å². The van der Waals surface area contributed by atoms with E-state index in [4.69, 9.17) is 4.52 Å². The summed E-state index contributed by atoms with van der Waals surface area (Å²) in [5, 5.41) is 21.7. The summed E-state index contributed by atoms with van der Waals surface area (Å²) in [5.74, 6) is 0.0536. The minimum absolute atomic E-state index is 0.128. The van der Waals surface area contributed by atoms with E-state index in [2.05, 4.69) is 15.6 Å². The fourth-order valence-electron chi connectivity index (χ4n) is 3.26. The molecular weight excluding hydrogens is 400 g/mol. The average molecular weight is 420 g/mol. The van der Waals surface area contributed by atoms with Crippen LogP contribution in [0.3, 0.4) is 0 Å². The molecule has 10 nitrogen and oxygen atoms in total. The molecule has 0 spiro atoms. The molecule has 0 radical (unpaired) electrons. The molecule has 1 amide bonds. The van der Waals surface area contributed by atoms with Crippen LogP contribution in [0.15, 0.2) is 65.7 Å². The summed E-state index contributed by atoms with van der Waals surface area (Å²) in [6.07, 6.45) is 6.35. The first-order valence-corrected chi connectivity index (χ1v) is 9.58. The summed E-state index contributed by atoms with van der Waals surface area (Å²) in [4.78, 5) is 23.2. The summed E-state index contributed by atoms with van der Waals surface area (Å²) in [6.45, 7) is 3.70. The van der Waals surface area contributed by atoms with Crippen LogP contribution in [0.4, 0.5) is 5.69 Å². The van der Waals surface area contributed by atoms with E-state index >= 15 is 0 Å². The number of hydrogen-bond donors (Lipinski definition) is 1. The first-order chi connectivity index (χ1) is 14.9. The Bertz CT molecular complexity index is 1220. The molecular formula is C21H20N6O4. The van der Waals surface area contributed by atoms with Crippen molar-refractivity contribution in [1.82, 2.24) is 24.8 Å². The van der Waals surface area contributed by atoms with Gasteiger partial charge in [0.15, 0.2) is 5.69 Å². The molecule has 1 atom stereocenters. The number of carbonyl (C=O) groups excluding carboxylic acids is 1. The van der Waals surface area contributed by atoms with Crippen LogP contribution in [0, 0.1) is 17.0 Å². The molecule has 10 heteroatoms. The Hall–Kier alpha value is -4.21. The molecule has 1 aromatic carbocycles. The maximum absolute atomic E-state index is 12.9. The number of aromatic nitrogens is 4. The summed E-state index contributed by atoms with van der Waals surface area (Å²) in [5.41, 5.74) is 2.44. The van der Waals surface area contributed by atoms with E-state index in [-0.39, 0.29) is 24.0 Å². The van der Waals surface area contributed by atoms with E-state index in [9.17, 15) is 14.9 Å². The summed E-state index contributed by atoms with van der Waals surface area (Å²) >= 11 is 0. The Kier molecular flexibility index (Phi) is 5.35. The van der Waals surface area contributed by atoms with Crippen molar-refractivity contribution in [3.8, 4) is 5.69 Å². The van der Waals surface area contributed by atoms with Gasteiger partial charge in [-0.25, -0.2) is 0 Å². The summed E-state index contributed by atoms with van der Waals surface area (Å²) in [6, 6.07) is 11.5. The third-order valence-electron chi connectivity index (χ3n) is 4.97.